The second kappa shape index (κ2) is 5.85. The Morgan fingerprint density at radius 3 is 2.95 bits per heavy atom. The van der Waals surface area contributed by atoms with Crippen LogP contribution in [0.5, 0.6) is 5.75 Å². The molecule has 21 heavy (non-hydrogen) atoms. The van der Waals surface area contributed by atoms with E-state index in [2.05, 4.69) is 21.2 Å². The molecule has 1 heterocycles. The summed E-state index contributed by atoms with van der Waals surface area (Å²) in [5.74, 6) is 0.124. The average molecular weight is 350 g/mol. The molecule has 2 aromatic carbocycles. The summed E-state index contributed by atoms with van der Waals surface area (Å²) >= 11 is 3.20. The van der Waals surface area contributed by atoms with Gasteiger partial charge in [0.1, 0.15) is 11.6 Å². The Morgan fingerprint density at radius 1 is 1.33 bits per heavy atom. The number of anilines is 1. The molecule has 5 heteroatoms. The fourth-order valence-electron chi connectivity index (χ4n) is 2.26. The number of fused-ring (bicyclic) bond motifs is 1. The van der Waals surface area contributed by atoms with E-state index in [-0.39, 0.29) is 18.0 Å². The SMILES string of the molecule is O=C(Cc1ccc(Br)cc1F)C1CNc2ccccc2O1. The van der Waals surface area contributed by atoms with Gasteiger partial charge in [-0.1, -0.05) is 34.1 Å². The minimum Gasteiger partial charge on any atom is -0.479 e. The van der Waals surface area contributed by atoms with Crippen LogP contribution in [0, 0.1) is 5.82 Å². The van der Waals surface area contributed by atoms with Crippen molar-refractivity contribution in [1.29, 1.82) is 0 Å². The van der Waals surface area contributed by atoms with Crippen LogP contribution in [0.1, 0.15) is 5.56 Å². The number of halogens is 2. The predicted octanol–water partition coefficient (Wildman–Crippen LogP) is 3.57. The lowest BCUT2D eigenvalue weighted by Crippen LogP contribution is -2.38. The smallest absolute Gasteiger partial charge is 0.179 e. The van der Waals surface area contributed by atoms with Gasteiger partial charge < -0.3 is 10.1 Å². The number of carbonyl (C=O) groups is 1. The Morgan fingerprint density at radius 2 is 2.14 bits per heavy atom. The molecule has 0 saturated heterocycles. The van der Waals surface area contributed by atoms with Crippen LogP contribution in [0.15, 0.2) is 46.9 Å². The average Bonchev–Trinajstić information content (AvgIpc) is 2.49. The van der Waals surface area contributed by atoms with E-state index >= 15 is 0 Å². The fourth-order valence-corrected chi connectivity index (χ4v) is 2.59. The molecule has 0 fully saturated rings. The van der Waals surface area contributed by atoms with Crippen LogP contribution < -0.4 is 10.1 Å². The molecule has 1 aliphatic heterocycles. The third-order valence-corrected chi connectivity index (χ3v) is 3.87. The molecule has 0 aromatic heterocycles. The molecule has 0 bridgehead atoms. The number of hydrogen-bond donors (Lipinski definition) is 1. The van der Waals surface area contributed by atoms with Gasteiger partial charge in [-0.05, 0) is 29.8 Å². The normalized spacial score (nSPS) is 16.6. The first-order valence-electron chi connectivity index (χ1n) is 6.59. The van der Waals surface area contributed by atoms with E-state index in [1.54, 1.807) is 12.1 Å². The maximum Gasteiger partial charge on any atom is 0.179 e. The van der Waals surface area contributed by atoms with E-state index in [0.29, 0.717) is 22.3 Å². The van der Waals surface area contributed by atoms with Crippen molar-refractivity contribution in [2.45, 2.75) is 12.5 Å². The maximum atomic E-state index is 13.8. The number of hydrogen-bond acceptors (Lipinski definition) is 3. The molecular weight excluding hydrogens is 337 g/mol. The minimum absolute atomic E-state index is 0.0215. The topological polar surface area (TPSA) is 38.3 Å². The van der Waals surface area contributed by atoms with Crippen molar-refractivity contribution in [2.24, 2.45) is 0 Å². The van der Waals surface area contributed by atoms with Crippen molar-refractivity contribution >= 4 is 27.4 Å². The minimum atomic E-state index is -0.594. The highest BCUT2D eigenvalue weighted by Gasteiger charge is 2.26. The van der Waals surface area contributed by atoms with Crippen LogP contribution in [-0.2, 0) is 11.2 Å². The third kappa shape index (κ3) is 3.08. The number of nitrogens with one attached hydrogen (secondary N) is 1. The summed E-state index contributed by atoms with van der Waals surface area (Å²) in [6.45, 7) is 0.397. The van der Waals surface area contributed by atoms with E-state index < -0.39 is 6.10 Å². The first kappa shape index (κ1) is 14.1. The van der Waals surface area contributed by atoms with Gasteiger partial charge in [-0.25, -0.2) is 4.39 Å². The molecule has 3 nitrogen and oxygen atoms in total. The first-order valence-corrected chi connectivity index (χ1v) is 7.39. The predicted molar refractivity (Wildman–Crippen MR) is 82.2 cm³/mol. The van der Waals surface area contributed by atoms with Crippen LogP contribution in [0.3, 0.4) is 0 Å². The number of para-hydroxylation sites is 2. The number of rotatable bonds is 3. The first-order chi connectivity index (χ1) is 10.1. The molecule has 3 rings (SSSR count). The van der Waals surface area contributed by atoms with Crippen LogP contribution in [0.4, 0.5) is 10.1 Å². The van der Waals surface area contributed by atoms with E-state index in [0.717, 1.165) is 5.69 Å². The summed E-state index contributed by atoms with van der Waals surface area (Å²) in [5, 5.41) is 3.16. The Kier molecular flexibility index (Phi) is 3.92. The van der Waals surface area contributed by atoms with Crippen molar-refractivity contribution in [3.05, 3.63) is 58.3 Å². The molecular formula is C16H13BrFNO2. The van der Waals surface area contributed by atoms with Crippen molar-refractivity contribution in [3.63, 3.8) is 0 Å². The monoisotopic (exact) mass is 349 g/mol. The Hall–Kier alpha value is -1.88. The van der Waals surface area contributed by atoms with E-state index in [9.17, 15) is 9.18 Å². The van der Waals surface area contributed by atoms with Crippen LogP contribution in [-0.4, -0.2) is 18.4 Å². The van der Waals surface area contributed by atoms with Gasteiger partial charge in [0.25, 0.3) is 0 Å². The zero-order valence-corrected chi connectivity index (χ0v) is 12.7. The second-order valence-electron chi connectivity index (χ2n) is 4.86. The van der Waals surface area contributed by atoms with Crippen molar-refractivity contribution < 1.29 is 13.9 Å². The number of ketones is 1. The Bertz CT molecular complexity index is 690. The van der Waals surface area contributed by atoms with Gasteiger partial charge in [0, 0.05) is 10.9 Å². The molecule has 0 aliphatic carbocycles. The largest absolute Gasteiger partial charge is 0.479 e. The van der Waals surface area contributed by atoms with Gasteiger partial charge in [0.05, 0.1) is 12.2 Å². The fraction of sp³-hybridized carbons (Fsp3) is 0.188. The van der Waals surface area contributed by atoms with Crippen molar-refractivity contribution in [2.75, 3.05) is 11.9 Å². The van der Waals surface area contributed by atoms with Gasteiger partial charge in [-0.2, -0.15) is 0 Å². The van der Waals surface area contributed by atoms with Gasteiger partial charge >= 0.3 is 0 Å². The standard InChI is InChI=1S/C16H13BrFNO2/c17-11-6-5-10(12(18)8-11)7-14(20)16-9-19-13-3-1-2-4-15(13)21-16/h1-6,8,16,19H,7,9H2. The number of carbonyl (C=O) groups excluding carboxylic acids is 1. The summed E-state index contributed by atoms with van der Waals surface area (Å²) < 4.78 is 20.1. The maximum absolute atomic E-state index is 13.8. The van der Waals surface area contributed by atoms with Crippen molar-refractivity contribution in [3.8, 4) is 5.75 Å². The molecule has 0 amide bonds. The lowest BCUT2D eigenvalue weighted by atomic mass is 10.0. The molecule has 0 radical (unpaired) electrons. The van der Waals surface area contributed by atoms with Crippen LogP contribution >= 0.6 is 15.9 Å². The highest BCUT2D eigenvalue weighted by Crippen LogP contribution is 2.28. The highest BCUT2D eigenvalue weighted by atomic mass is 79.9. The Balaban J connectivity index is 1.72. The van der Waals surface area contributed by atoms with Crippen LogP contribution in [0.25, 0.3) is 0 Å². The highest BCUT2D eigenvalue weighted by molar-refractivity contribution is 9.10. The molecule has 108 valence electrons. The number of Topliss-reactive ketones (excluding diaryl/α,β-unsaturated/α-hetero) is 1. The molecule has 2 aromatic rings. The van der Waals surface area contributed by atoms with Gasteiger partial charge in [0.15, 0.2) is 11.9 Å². The van der Waals surface area contributed by atoms with Gasteiger partial charge in [-0.15, -0.1) is 0 Å². The zero-order chi connectivity index (χ0) is 14.8. The second-order valence-corrected chi connectivity index (χ2v) is 5.78. The molecule has 1 atom stereocenters. The summed E-state index contributed by atoms with van der Waals surface area (Å²) in [7, 11) is 0. The van der Waals surface area contributed by atoms with E-state index in [1.807, 2.05) is 24.3 Å². The Labute approximate surface area is 130 Å². The van der Waals surface area contributed by atoms with Crippen LogP contribution in [0.2, 0.25) is 0 Å². The van der Waals surface area contributed by atoms with E-state index in [4.69, 9.17) is 4.74 Å². The molecule has 1 aliphatic rings. The third-order valence-electron chi connectivity index (χ3n) is 3.37. The molecule has 1 N–H and O–H groups in total. The lowest BCUT2D eigenvalue weighted by molar-refractivity contribution is -0.124. The summed E-state index contributed by atoms with van der Waals surface area (Å²) in [6, 6.07) is 12.1. The molecule has 1 unspecified atom stereocenters. The summed E-state index contributed by atoms with van der Waals surface area (Å²) in [4.78, 5) is 12.3. The molecule has 0 saturated carbocycles. The summed E-state index contributed by atoms with van der Waals surface area (Å²) in [6.07, 6.45) is -0.573. The number of ether oxygens (including phenoxy) is 1. The zero-order valence-electron chi connectivity index (χ0n) is 11.1. The van der Waals surface area contributed by atoms with E-state index in [1.165, 1.54) is 6.07 Å². The van der Waals surface area contributed by atoms with Gasteiger partial charge in [-0.3, -0.25) is 4.79 Å². The van der Waals surface area contributed by atoms with Gasteiger partial charge in [0.2, 0.25) is 0 Å². The van der Waals surface area contributed by atoms with Crippen molar-refractivity contribution in [1.82, 2.24) is 0 Å². The summed E-state index contributed by atoms with van der Waals surface area (Å²) in [5.41, 5.74) is 1.25. The number of benzene rings is 2. The lowest BCUT2D eigenvalue weighted by Gasteiger charge is -2.26. The molecule has 0 spiro atoms. The quantitative estimate of drug-likeness (QED) is 0.920.